The van der Waals surface area contributed by atoms with E-state index in [-0.39, 0.29) is 24.9 Å². The van der Waals surface area contributed by atoms with Crippen molar-refractivity contribution >= 4 is 29.1 Å². The summed E-state index contributed by atoms with van der Waals surface area (Å²) in [6.45, 7) is 2.10. The third-order valence-corrected chi connectivity index (χ3v) is 3.99. The molecule has 3 rings (SSSR count). The number of carbonyl (C=O) groups is 1. The number of carbonyl (C=O) groups excluding carboxylic acids is 1. The van der Waals surface area contributed by atoms with Crippen molar-refractivity contribution in [2.24, 2.45) is 5.92 Å². The van der Waals surface area contributed by atoms with Crippen molar-refractivity contribution in [2.75, 3.05) is 19.6 Å². The third-order valence-electron chi connectivity index (χ3n) is 3.99. The van der Waals surface area contributed by atoms with Gasteiger partial charge in [-0.1, -0.05) is 36.4 Å². The van der Waals surface area contributed by atoms with Crippen LogP contribution < -0.4 is 10.6 Å². The molecule has 1 amide bonds. The van der Waals surface area contributed by atoms with Gasteiger partial charge in [-0.3, -0.25) is 4.79 Å². The lowest BCUT2D eigenvalue weighted by Gasteiger charge is -2.26. The van der Waals surface area contributed by atoms with Crippen LogP contribution in [0.15, 0.2) is 42.5 Å². The van der Waals surface area contributed by atoms with Crippen LogP contribution in [-0.2, 0) is 4.79 Å². The predicted octanol–water partition coefficient (Wildman–Crippen LogP) is 2.02. The van der Waals surface area contributed by atoms with E-state index < -0.39 is 6.10 Å². The van der Waals surface area contributed by atoms with Crippen molar-refractivity contribution in [1.82, 2.24) is 10.6 Å². The number of nitrogens with one attached hydrogen (secondary N) is 2. The molecule has 0 bridgehead atoms. The van der Waals surface area contributed by atoms with Gasteiger partial charge in [-0.05, 0) is 41.4 Å². The van der Waals surface area contributed by atoms with Crippen LogP contribution in [0.25, 0.3) is 10.8 Å². The van der Waals surface area contributed by atoms with Gasteiger partial charge in [-0.2, -0.15) is 0 Å². The second-order valence-corrected chi connectivity index (χ2v) is 5.65. The van der Waals surface area contributed by atoms with Crippen molar-refractivity contribution in [3.05, 3.63) is 48.0 Å². The van der Waals surface area contributed by atoms with E-state index in [0.29, 0.717) is 12.3 Å². The molecule has 1 atom stereocenters. The Bertz CT molecular complexity index is 643. The van der Waals surface area contributed by atoms with E-state index in [1.54, 1.807) is 0 Å². The summed E-state index contributed by atoms with van der Waals surface area (Å²) in [5, 5.41) is 18.4. The van der Waals surface area contributed by atoms with Crippen LogP contribution in [0, 0.1) is 5.92 Å². The molecule has 5 heteroatoms. The molecule has 22 heavy (non-hydrogen) atoms. The largest absolute Gasteiger partial charge is 0.387 e. The van der Waals surface area contributed by atoms with E-state index in [4.69, 9.17) is 0 Å². The summed E-state index contributed by atoms with van der Waals surface area (Å²) in [5.41, 5.74) is 0.833. The van der Waals surface area contributed by atoms with Crippen LogP contribution in [0.1, 0.15) is 18.1 Å². The first kappa shape index (κ1) is 16.7. The molecule has 3 N–H and O–H groups in total. The minimum atomic E-state index is -0.668. The number of benzene rings is 2. The quantitative estimate of drug-likeness (QED) is 0.790. The minimum absolute atomic E-state index is 0. The third kappa shape index (κ3) is 3.97. The van der Waals surface area contributed by atoms with E-state index in [1.165, 1.54) is 0 Å². The molecule has 0 saturated carbocycles. The highest BCUT2D eigenvalue weighted by molar-refractivity contribution is 5.85. The number of halogens is 1. The number of amides is 1. The summed E-state index contributed by atoms with van der Waals surface area (Å²) >= 11 is 0. The second-order valence-electron chi connectivity index (χ2n) is 5.65. The van der Waals surface area contributed by atoms with Gasteiger partial charge in [-0.25, -0.2) is 0 Å². The smallest absolute Gasteiger partial charge is 0.220 e. The molecule has 0 radical (unpaired) electrons. The monoisotopic (exact) mass is 320 g/mol. The molecule has 1 unspecified atom stereocenters. The first-order valence-corrected chi connectivity index (χ1v) is 7.36. The molecule has 4 nitrogen and oxygen atoms in total. The molecule has 2 aromatic rings. The van der Waals surface area contributed by atoms with Gasteiger partial charge in [-0.15, -0.1) is 12.4 Å². The van der Waals surface area contributed by atoms with E-state index in [1.807, 2.05) is 42.5 Å². The topological polar surface area (TPSA) is 61.4 Å². The average molecular weight is 321 g/mol. The predicted molar refractivity (Wildman–Crippen MR) is 90.1 cm³/mol. The normalized spacial score (nSPS) is 15.7. The van der Waals surface area contributed by atoms with Crippen LogP contribution in [-0.4, -0.2) is 30.6 Å². The Morgan fingerprint density at radius 2 is 1.95 bits per heavy atom. The summed E-state index contributed by atoms with van der Waals surface area (Å²) < 4.78 is 0. The highest BCUT2D eigenvalue weighted by atomic mass is 35.5. The van der Waals surface area contributed by atoms with Crippen LogP contribution >= 0.6 is 12.4 Å². The number of hydrogen-bond acceptors (Lipinski definition) is 3. The van der Waals surface area contributed by atoms with Gasteiger partial charge in [0, 0.05) is 13.0 Å². The van der Waals surface area contributed by atoms with Crippen molar-refractivity contribution < 1.29 is 9.90 Å². The summed E-state index contributed by atoms with van der Waals surface area (Å²) in [4.78, 5) is 11.7. The molecule has 1 aliphatic rings. The minimum Gasteiger partial charge on any atom is -0.387 e. The molecule has 1 aliphatic heterocycles. The van der Waals surface area contributed by atoms with E-state index in [2.05, 4.69) is 10.6 Å². The van der Waals surface area contributed by atoms with Crippen molar-refractivity contribution in [3.63, 3.8) is 0 Å². The Morgan fingerprint density at radius 1 is 1.23 bits per heavy atom. The second kappa shape index (κ2) is 7.58. The van der Waals surface area contributed by atoms with Gasteiger partial charge >= 0.3 is 0 Å². The zero-order valence-corrected chi connectivity index (χ0v) is 13.1. The summed E-state index contributed by atoms with van der Waals surface area (Å²) in [5.74, 6) is 0.462. The van der Waals surface area contributed by atoms with E-state index >= 15 is 0 Å². The fourth-order valence-corrected chi connectivity index (χ4v) is 2.57. The van der Waals surface area contributed by atoms with Gasteiger partial charge in [0.15, 0.2) is 0 Å². The zero-order valence-electron chi connectivity index (χ0n) is 12.3. The molecule has 1 fully saturated rings. The Hall–Kier alpha value is -1.62. The zero-order chi connectivity index (χ0) is 14.7. The SMILES string of the molecule is Cl.O=C(CC1CNC1)NCC(O)c1ccc2ccccc2c1. The number of aliphatic hydroxyl groups is 1. The molecule has 0 aliphatic carbocycles. The van der Waals surface area contributed by atoms with Crippen LogP contribution in [0.2, 0.25) is 0 Å². The van der Waals surface area contributed by atoms with Crippen molar-refractivity contribution in [1.29, 1.82) is 0 Å². The number of hydrogen-bond donors (Lipinski definition) is 3. The molecule has 1 saturated heterocycles. The van der Waals surface area contributed by atoms with Crippen LogP contribution in [0.3, 0.4) is 0 Å². The number of rotatable bonds is 5. The molecule has 0 spiro atoms. The van der Waals surface area contributed by atoms with Gasteiger partial charge in [0.25, 0.3) is 0 Å². The van der Waals surface area contributed by atoms with Crippen LogP contribution in [0.4, 0.5) is 0 Å². The van der Waals surface area contributed by atoms with E-state index in [0.717, 1.165) is 29.4 Å². The first-order valence-electron chi connectivity index (χ1n) is 7.36. The first-order chi connectivity index (χ1) is 10.2. The Morgan fingerprint density at radius 3 is 2.64 bits per heavy atom. The summed E-state index contributed by atoms with van der Waals surface area (Å²) in [6, 6.07) is 13.9. The fraction of sp³-hybridized carbons (Fsp3) is 0.353. The van der Waals surface area contributed by atoms with Gasteiger partial charge in [0.2, 0.25) is 5.91 Å². The van der Waals surface area contributed by atoms with Gasteiger partial charge < -0.3 is 15.7 Å². The van der Waals surface area contributed by atoms with Crippen molar-refractivity contribution in [3.8, 4) is 0 Å². The van der Waals surface area contributed by atoms with E-state index in [9.17, 15) is 9.90 Å². The molecular weight excluding hydrogens is 300 g/mol. The molecule has 0 aromatic heterocycles. The molecule has 2 aromatic carbocycles. The fourth-order valence-electron chi connectivity index (χ4n) is 2.57. The number of fused-ring (bicyclic) bond motifs is 1. The standard InChI is InChI=1S/C17H20N2O2.ClH/c20-16(11-19-17(21)7-12-9-18-10-12)15-6-5-13-3-1-2-4-14(13)8-15;/h1-6,8,12,16,18,20H,7,9-11H2,(H,19,21);1H. The highest BCUT2D eigenvalue weighted by Crippen LogP contribution is 2.20. The van der Waals surface area contributed by atoms with Crippen molar-refractivity contribution in [2.45, 2.75) is 12.5 Å². The van der Waals surface area contributed by atoms with Gasteiger partial charge in [0.1, 0.15) is 0 Å². The Labute approximate surface area is 136 Å². The molecule has 118 valence electrons. The number of aliphatic hydroxyl groups excluding tert-OH is 1. The molecular formula is C17H21ClN2O2. The maximum atomic E-state index is 11.7. The average Bonchev–Trinajstić information content (AvgIpc) is 2.48. The van der Waals surface area contributed by atoms with Crippen LogP contribution in [0.5, 0.6) is 0 Å². The maximum Gasteiger partial charge on any atom is 0.220 e. The lowest BCUT2D eigenvalue weighted by molar-refractivity contribution is -0.122. The molecule has 1 heterocycles. The summed E-state index contributed by atoms with van der Waals surface area (Å²) in [6.07, 6.45) is -0.129. The highest BCUT2D eigenvalue weighted by Gasteiger charge is 2.20. The lowest BCUT2D eigenvalue weighted by Crippen LogP contribution is -2.44. The maximum absolute atomic E-state index is 11.7. The summed E-state index contributed by atoms with van der Waals surface area (Å²) in [7, 11) is 0. The Balaban J connectivity index is 0.00000176. The Kier molecular flexibility index (Phi) is 5.77. The van der Waals surface area contributed by atoms with Gasteiger partial charge in [0.05, 0.1) is 6.10 Å². The lowest BCUT2D eigenvalue weighted by atomic mass is 9.99.